The molecular formula is C15H18FN3O. The lowest BCUT2D eigenvalue weighted by Crippen LogP contribution is -2.24. The molecule has 4 nitrogen and oxygen atoms in total. The van der Waals surface area contributed by atoms with Gasteiger partial charge in [-0.1, -0.05) is 13.0 Å². The normalized spacial score (nSPS) is 12.2. The lowest BCUT2D eigenvalue weighted by molar-refractivity contribution is 0.386. The van der Waals surface area contributed by atoms with Crippen molar-refractivity contribution in [1.82, 2.24) is 15.3 Å². The highest BCUT2D eigenvalue weighted by atomic mass is 19.1. The summed E-state index contributed by atoms with van der Waals surface area (Å²) in [4.78, 5) is 8.12. The number of hydrogen-bond acceptors (Lipinski definition) is 4. The quantitative estimate of drug-likeness (QED) is 0.880. The Morgan fingerprint density at radius 2 is 2.25 bits per heavy atom. The van der Waals surface area contributed by atoms with E-state index in [0.717, 1.165) is 24.1 Å². The number of nitrogens with zero attached hydrogens (tertiary/aromatic N) is 2. The first-order valence-corrected chi connectivity index (χ1v) is 6.59. The highest BCUT2D eigenvalue weighted by Gasteiger charge is 2.19. The lowest BCUT2D eigenvalue weighted by atomic mass is 10.0. The minimum absolute atomic E-state index is 0.193. The lowest BCUT2D eigenvalue weighted by Gasteiger charge is -2.20. The van der Waals surface area contributed by atoms with E-state index in [1.165, 1.54) is 12.3 Å². The molecule has 106 valence electrons. The van der Waals surface area contributed by atoms with Crippen LogP contribution in [0.25, 0.3) is 0 Å². The van der Waals surface area contributed by atoms with Gasteiger partial charge in [0.1, 0.15) is 5.82 Å². The van der Waals surface area contributed by atoms with E-state index in [9.17, 15) is 4.39 Å². The summed E-state index contributed by atoms with van der Waals surface area (Å²) in [5.74, 6) is 0.180. The van der Waals surface area contributed by atoms with Crippen LogP contribution < -0.4 is 10.1 Å². The predicted molar refractivity (Wildman–Crippen MR) is 75.1 cm³/mol. The van der Waals surface area contributed by atoms with Gasteiger partial charge >= 0.3 is 0 Å². The van der Waals surface area contributed by atoms with Crippen LogP contribution in [0, 0.1) is 5.82 Å². The zero-order valence-electron chi connectivity index (χ0n) is 11.6. The van der Waals surface area contributed by atoms with Crippen LogP contribution >= 0.6 is 0 Å². The maximum atomic E-state index is 13.4. The number of ether oxygens (including phenoxy) is 1. The summed E-state index contributed by atoms with van der Waals surface area (Å²) < 4.78 is 18.7. The summed E-state index contributed by atoms with van der Waals surface area (Å²) in [5.41, 5.74) is 1.63. The summed E-state index contributed by atoms with van der Waals surface area (Å²) in [6, 6.07) is 5.05. The molecule has 0 aliphatic carbocycles. The fourth-order valence-electron chi connectivity index (χ4n) is 2.08. The fourth-order valence-corrected chi connectivity index (χ4v) is 2.08. The monoisotopic (exact) mass is 275 g/mol. The SMILES string of the molecule is CCCNC(c1cncc(F)c1)c1cccnc1OC. The van der Waals surface area contributed by atoms with E-state index in [4.69, 9.17) is 4.74 Å². The standard InChI is InChI=1S/C15H18FN3O/c1-3-6-18-14(11-8-12(16)10-17-9-11)13-5-4-7-19-15(13)20-2/h4-5,7-10,14,18H,3,6H2,1-2H3. The van der Waals surface area contributed by atoms with Crippen LogP contribution in [-0.2, 0) is 0 Å². The minimum Gasteiger partial charge on any atom is -0.481 e. The molecule has 0 fully saturated rings. The fraction of sp³-hybridized carbons (Fsp3) is 0.333. The Labute approximate surface area is 118 Å². The molecule has 2 rings (SSSR count). The maximum Gasteiger partial charge on any atom is 0.218 e. The van der Waals surface area contributed by atoms with Crippen molar-refractivity contribution in [2.45, 2.75) is 19.4 Å². The van der Waals surface area contributed by atoms with Gasteiger partial charge in [0.2, 0.25) is 5.88 Å². The van der Waals surface area contributed by atoms with Crippen LogP contribution in [0.3, 0.4) is 0 Å². The molecule has 0 bridgehead atoms. The first kappa shape index (κ1) is 14.4. The third kappa shape index (κ3) is 3.30. The average Bonchev–Trinajstić information content (AvgIpc) is 2.48. The summed E-state index contributed by atoms with van der Waals surface area (Å²) in [6.07, 6.45) is 5.49. The molecule has 20 heavy (non-hydrogen) atoms. The van der Waals surface area contributed by atoms with Gasteiger partial charge in [-0.15, -0.1) is 0 Å². The van der Waals surface area contributed by atoms with Crippen molar-refractivity contribution in [2.75, 3.05) is 13.7 Å². The molecule has 1 unspecified atom stereocenters. The molecule has 2 aromatic rings. The Balaban J connectivity index is 2.41. The molecule has 0 amide bonds. The second-order valence-electron chi connectivity index (χ2n) is 4.43. The van der Waals surface area contributed by atoms with Crippen molar-refractivity contribution in [3.8, 4) is 5.88 Å². The number of rotatable bonds is 6. The van der Waals surface area contributed by atoms with Crippen LogP contribution in [0.2, 0.25) is 0 Å². The molecule has 0 aliphatic heterocycles. The van der Waals surface area contributed by atoms with Crippen molar-refractivity contribution in [2.24, 2.45) is 0 Å². The molecule has 1 atom stereocenters. The van der Waals surface area contributed by atoms with E-state index in [2.05, 4.69) is 22.2 Å². The molecule has 0 spiro atoms. The van der Waals surface area contributed by atoms with Crippen molar-refractivity contribution in [3.63, 3.8) is 0 Å². The van der Waals surface area contributed by atoms with E-state index >= 15 is 0 Å². The zero-order valence-corrected chi connectivity index (χ0v) is 11.6. The van der Waals surface area contributed by atoms with Crippen LogP contribution in [-0.4, -0.2) is 23.6 Å². The van der Waals surface area contributed by atoms with Gasteiger partial charge < -0.3 is 10.1 Å². The van der Waals surface area contributed by atoms with Crippen molar-refractivity contribution in [1.29, 1.82) is 0 Å². The van der Waals surface area contributed by atoms with Crippen LogP contribution in [0.4, 0.5) is 4.39 Å². The van der Waals surface area contributed by atoms with E-state index in [1.807, 2.05) is 12.1 Å². The molecule has 0 aromatic carbocycles. The predicted octanol–water partition coefficient (Wildman–Crippen LogP) is 2.71. The first-order valence-electron chi connectivity index (χ1n) is 6.59. The summed E-state index contributed by atoms with van der Waals surface area (Å²) in [6.45, 7) is 2.88. The Morgan fingerprint density at radius 1 is 1.40 bits per heavy atom. The minimum atomic E-state index is -0.353. The average molecular weight is 275 g/mol. The number of hydrogen-bond donors (Lipinski definition) is 1. The van der Waals surface area contributed by atoms with Crippen LogP contribution in [0.15, 0.2) is 36.8 Å². The Hall–Kier alpha value is -2.01. The first-order chi connectivity index (χ1) is 9.76. The number of halogens is 1. The third-order valence-electron chi connectivity index (χ3n) is 2.96. The maximum absolute atomic E-state index is 13.4. The van der Waals surface area contributed by atoms with Gasteiger partial charge in [0, 0.05) is 18.0 Å². The molecule has 0 saturated heterocycles. The molecule has 2 heterocycles. The number of pyridine rings is 2. The van der Waals surface area contributed by atoms with Gasteiger partial charge in [0.05, 0.1) is 19.3 Å². The van der Waals surface area contributed by atoms with Gasteiger partial charge in [-0.25, -0.2) is 9.37 Å². The molecule has 0 saturated carbocycles. The number of aromatic nitrogens is 2. The van der Waals surface area contributed by atoms with E-state index in [-0.39, 0.29) is 11.9 Å². The van der Waals surface area contributed by atoms with Crippen LogP contribution in [0.5, 0.6) is 5.88 Å². The molecule has 0 radical (unpaired) electrons. The number of methoxy groups -OCH3 is 1. The Morgan fingerprint density at radius 3 is 2.95 bits per heavy atom. The summed E-state index contributed by atoms with van der Waals surface area (Å²) >= 11 is 0. The zero-order chi connectivity index (χ0) is 14.4. The van der Waals surface area contributed by atoms with Crippen molar-refractivity contribution in [3.05, 3.63) is 53.7 Å². The second kappa shape index (κ2) is 6.96. The van der Waals surface area contributed by atoms with Crippen LogP contribution in [0.1, 0.15) is 30.5 Å². The second-order valence-corrected chi connectivity index (χ2v) is 4.43. The van der Waals surface area contributed by atoms with E-state index < -0.39 is 0 Å². The Bertz CT molecular complexity index is 562. The van der Waals surface area contributed by atoms with Gasteiger partial charge in [-0.3, -0.25) is 4.98 Å². The van der Waals surface area contributed by atoms with Gasteiger partial charge in [0.15, 0.2) is 0 Å². The van der Waals surface area contributed by atoms with Gasteiger partial charge in [-0.05, 0) is 30.7 Å². The summed E-state index contributed by atoms with van der Waals surface area (Å²) in [7, 11) is 1.58. The number of nitrogens with one attached hydrogen (secondary N) is 1. The molecule has 5 heteroatoms. The summed E-state index contributed by atoms with van der Waals surface area (Å²) in [5, 5.41) is 3.38. The van der Waals surface area contributed by atoms with E-state index in [0.29, 0.717) is 5.88 Å². The largest absolute Gasteiger partial charge is 0.481 e. The highest BCUT2D eigenvalue weighted by Crippen LogP contribution is 2.28. The smallest absolute Gasteiger partial charge is 0.218 e. The molecule has 1 N–H and O–H groups in total. The molecule has 0 aliphatic rings. The van der Waals surface area contributed by atoms with Crippen molar-refractivity contribution < 1.29 is 9.13 Å². The Kier molecular flexibility index (Phi) is 5.01. The van der Waals surface area contributed by atoms with E-state index in [1.54, 1.807) is 19.5 Å². The molecular weight excluding hydrogens is 257 g/mol. The topological polar surface area (TPSA) is 47.0 Å². The highest BCUT2D eigenvalue weighted by molar-refractivity contribution is 5.36. The van der Waals surface area contributed by atoms with Gasteiger partial charge in [-0.2, -0.15) is 0 Å². The van der Waals surface area contributed by atoms with Crippen molar-refractivity contribution >= 4 is 0 Å². The van der Waals surface area contributed by atoms with Gasteiger partial charge in [0.25, 0.3) is 0 Å². The molecule has 2 aromatic heterocycles. The third-order valence-corrected chi connectivity index (χ3v) is 2.96.